The zero-order chi connectivity index (χ0) is 18.6. The second-order valence-corrected chi connectivity index (χ2v) is 6.86. The van der Waals surface area contributed by atoms with Crippen LogP contribution in [0.2, 0.25) is 0 Å². The van der Waals surface area contributed by atoms with Crippen molar-refractivity contribution in [2.45, 2.75) is 25.7 Å². The summed E-state index contributed by atoms with van der Waals surface area (Å²) in [4.78, 5) is 24.4. The second kappa shape index (κ2) is 7.61. The molecule has 1 aliphatic rings. The van der Waals surface area contributed by atoms with Gasteiger partial charge in [0, 0.05) is 18.5 Å². The molecule has 3 aromatic rings. The zero-order valence-electron chi connectivity index (χ0n) is 15.0. The molecule has 0 saturated heterocycles. The summed E-state index contributed by atoms with van der Waals surface area (Å²) in [5.74, 6) is -0.285. The number of carbonyl (C=O) groups is 2. The molecule has 0 bridgehead atoms. The number of para-hydroxylation sites is 1. The fraction of sp³-hybridized carbons (Fsp3) is 0.286. The van der Waals surface area contributed by atoms with E-state index in [1.807, 2.05) is 30.3 Å². The SMILES string of the molecule is O=C(Cc1ccc2c(c1)CCC2)NCCNC(=O)c1n[nH]c2ccccc12. The molecule has 2 amide bonds. The van der Waals surface area contributed by atoms with Crippen molar-refractivity contribution in [3.8, 4) is 0 Å². The van der Waals surface area contributed by atoms with Gasteiger partial charge in [0.25, 0.3) is 5.91 Å². The second-order valence-electron chi connectivity index (χ2n) is 6.86. The number of carbonyl (C=O) groups excluding carboxylic acids is 2. The summed E-state index contributed by atoms with van der Waals surface area (Å²) in [6, 6.07) is 13.8. The van der Waals surface area contributed by atoms with Gasteiger partial charge in [-0.15, -0.1) is 0 Å². The lowest BCUT2D eigenvalue weighted by Gasteiger charge is -2.08. The standard InChI is InChI=1S/C21H22N4O2/c26-19(13-14-8-9-15-4-3-5-16(15)12-14)22-10-11-23-21(27)20-17-6-1-2-7-18(17)24-25-20/h1-2,6-9,12H,3-5,10-11,13H2,(H,22,26)(H,23,27)(H,24,25). The quantitative estimate of drug-likeness (QED) is 0.587. The van der Waals surface area contributed by atoms with Crippen molar-refractivity contribution in [2.24, 2.45) is 0 Å². The molecule has 138 valence electrons. The first kappa shape index (κ1) is 17.3. The Hall–Kier alpha value is -3.15. The average molecular weight is 362 g/mol. The number of aromatic amines is 1. The van der Waals surface area contributed by atoms with Crippen LogP contribution in [0.1, 0.15) is 33.6 Å². The minimum atomic E-state index is -0.250. The van der Waals surface area contributed by atoms with Crippen LogP contribution in [0.25, 0.3) is 10.9 Å². The number of aromatic nitrogens is 2. The number of hydrogen-bond acceptors (Lipinski definition) is 3. The van der Waals surface area contributed by atoms with E-state index in [4.69, 9.17) is 0 Å². The molecule has 1 heterocycles. The van der Waals surface area contributed by atoms with Crippen LogP contribution < -0.4 is 10.6 Å². The van der Waals surface area contributed by atoms with Crippen molar-refractivity contribution >= 4 is 22.7 Å². The number of fused-ring (bicyclic) bond motifs is 2. The molecule has 6 heteroatoms. The number of rotatable bonds is 6. The fourth-order valence-electron chi connectivity index (χ4n) is 3.58. The van der Waals surface area contributed by atoms with E-state index >= 15 is 0 Å². The molecule has 2 aromatic carbocycles. The van der Waals surface area contributed by atoms with Crippen LogP contribution in [-0.2, 0) is 24.1 Å². The highest BCUT2D eigenvalue weighted by Crippen LogP contribution is 2.23. The lowest BCUT2D eigenvalue weighted by atomic mass is 10.0. The molecular weight excluding hydrogens is 340 g/mol. The van der Waals surface area contributed by atoms with Crippen molar-refractivity contribution in [2.75, 3.05) is 13.1 Å². The van der Waals surface area contributed by atoms with E-state index in [2.05, 4.69) is 33.0 Å². The molecule has 1 aromatic heterocycles. The molecule has 0 saturated carbocycles. The maximum Gasteiger partial charge on any atom is 0.272 e. The third-order valence-corrected chi connectivity index (χ3v) is 4.95. The molecule has 1 aliphatic carbocycles. The number of hydrogen-bond donors (Lipinski definition) is 3. The van der Waals surface area contributed by atoms with Crippen molar-refractivity contribution in [1.29, 1.82) is 0 Å². The maximum absolute atomic E-state index is 12.3. The third kappa shape index (κ3) is 3.84. The lowest BCUT2D eigenvalue weighted by Crippen LogP contribution is -2.35. The van der Waals surface area contributed by atoms with Gasteiger partial charge in [-0.1, -0.05) is 36.4 Å². The summed E-state index contributed by atoms with van der Waals surface area (Å²) in [6.07, 6.45) is 3.83. The zero-order valence-corrected chi connectivity index (χ0v) is 15.0. The van der Waals surface area contributed by atoms with E-state index in [9.17, 15) is 9.59 Å². The van der Waals surface area contributed by atoms with Crippen LogP contribution >= 0.6 is 0 Å². The molecule has 0 spiro atoms. The van der Waals surface area contributed by atoms with Crippen molar-refractivity contribution < 1.29 is 9.59 Å². The van der Waals surface area contributed by atoms with Crippen molar-refractivity contribution in [3.63, 3.8) is 0 Å². The third-order valence-electron chi connectivity index (χ3n) is 4.95. The smallest absolute Gasteiger partial charge is 0.272 e. The topological polar surface area (TPSA) is 86.9 Å². The van der Waals surface area contributed by atoms with Gasteiger partial charge in [-0.05, 0) is 42.0 Å². The first-order chi connectivity index (χ1) is 13.2. The first-order valence-corrected chi connectivity index (χ1v) is 9.29. The normalized spacial score (nSPS) is 12.7. The molecule has 0 atom stereocenters. The van der Waals surface area contributed by atoms with Gasteiger partial charge in [0.1, 0.15) is 0 Å². The Labute approximate surface area is 157 Å². The van der Waals surface area contributed by atoms with Gasteiger partial charge in [-0.25, -0.2) is 0 Å². The Morgan fingerprint density at radius 2 is 1.81 bits per heavy atom. The van der Waals surface area contributed by atoms with E-state index < -0.39 is 0 Å². The van der Waals surface area contributed by atoms with Gasteiger partial charge >= 0.3 is 0 Å². The molecule has 0 radical (unpaired) electrons. The van der Waals surface area contributed by atoms with Crippen LogP contribution in [0, 0.1) is 0 Å². The maximum atomic E-state index is 12.3. The molecule has 0 unspecified atom stereocenters. The summed E-state index contributed by atoms with van der Waals surface area (Å²) in [6.45, 7) is 0.744. The van der Waals surface area contributed by atoms with Crippen LogP contribution in [0.4, 0.5) is 0 Å². The van der Waals surface area contributed by atoms with Crippen molar-refractivity contribution in [3.05, 3.63) is 64.8 Å². The molecule has 6 nitrogen and oxygen atoms in total. The molecule has 3 N–H and O–H groups in total. The van der Waals surface area contributed by atoms with Gasteiger partial charge in [0.15, 0.2) is 5.69 Å². The van der Waals surface area contributed by atoms with E-state index in [1.165, 1.54) is 17.5 Å². The number of amides is 2. The van der Waals surface area contributed by atoms with E-state index in [1.54, 1.807) is 0 Å². The van der Waals surface area contributed by atoms with Crippen LogP contribution in [0.3, 0.4) is 0 Å². The van der Waals surface area contributed by atoms with E-state index in [0.29, 0.717) is 25.2 Å². The Kier molecular flexibility index (Phi) is 4.87. The average Bonchev–Trinajstić information content (AvgIpc) is 3.31. The number of benzene rings is 2. The summed E-state index contributed by atoms with van der Waals surface area (Å²) >= 11 is 0. The summed E-state index contributed by atoms with van der Waals surface area (Å²) in [7, 11) is 0. The van der Waals surface area contributed by atoms with Gasteiger partial charge in [-0.3, -0.25) is 14.7 Å². The fourth-order valence-corrected chi connectivity index (χ4v) is 3.58. The minimum Gasteiger partial charge on any atom is -0.354 e. The number of nitrogens with one attached hydrogen (secondary N) is 3. The van der Waals surface area contributed by atoms with Crippen LogP contribution in [-0.4, -0.2) is 35.1 Å². The van der Waals surface area contributed by atoms with Gasteiger partial charge in [0.2, 0.25) is 5.91 Å². The summed E-state index contributed by atoms with van der Waals surface area (Å²) in [5, 5.41) is 13.3. The van der Waals surface area contributed by atoms with Gasteiger partial charge < -0.3 is 10.6 Å². The molecule has 0 fully saturated rings. The van der Waals surface area contributed by atoms with E-state index in [0.717, 1.165) is 29.3 Å². The highest BCUT2D eigenvalue weighted by molar-refractivity contribution is 6.04. The number of nitrogens with zero attached hydrogens (tertiary/aromatic N) is 1. The highest BCUT2D eigenvalue weighted by atomic mass is 16.2. The predicted molar refractivity (Wildman–Crippen MR) is 104 cm³/mol. The van der Waals surface area contributed by atoms with Crippen LogP contribution in [0.15, 0.2) is 42.5 Å². The predicted octanol–water partition coefficient (Wildman–Crippen LogP) is 2.14. The lowest BCUT2D eigenvalue weighted by molar-refractivity contribution is -0.120. The van der Waals surface area contributed by atoms with Crippen molar-refractivity contribution in [1.82, 2.24) is 20.8 Å². The van der Waals surface area contributed by atoms with Gasteiger partial charge in [0.05, 0.1) is 11.9 Å². The monoisotopic (exact) mass is 362 g/mol. The molecule has 4 rings (SSSR count). The number of aryl methyl sites for hydroxylation is 2. The Balaban J connectivity index is 1.24. The summed E-state index contributed by atoms with van der Waals surface area (Å²) < 4.78 is 0. The van der Waals surface area contributed by atoms with Crippen LogP contribution in [0.5, 0.6) is 0 Å². The highest BCUT2D eigenvalue weighted by Gasteiger charge is 2.14. The first-order valence-electron chi connectivity index (χ1n) is 9.29. The largest absolute Gasteiger partial charge is 0.354 e. The Morgan fingerprint density at radius 3 is 2.74 bits per heavy atom. The number of H-pyrrole nitrogens is 1. The Morgan fingerprint density at radius 1 is 1.00 bits per heavy atom. The van der Waals surface area contributed by atoms with E-state index in [-0.39, 0.29) is 11.8 Å². The molecule has 27 heavy (non-hydrogen) atoms. The minimum absolute atomic E-state index is 0.0348. The molecule has 0 aliphatic heterocycles. The van der Waals surface area contributed by atoms with Gasteiger partial charge in [-0.2, -0.15) is 5.10 Å². The summed E-state index contributed by atoms with van der Waals surface area (Å²) in [5.41, 5.74) is 5.02. The Bertz CT molecular complexity index is 993. The molecular formula is C21H22N4O2.